The molecule has 0 heterocycles. The molecular weight excluding hydrogens is 474 g/mol. The van der Waals surface area contributed by atoms with E-state index in [0.29, 0.717) is 17.7 Å². The van der Waals surface area contributed by atoms with E-state index in [9.17, 15) is 10.2 Å². The van der Waals surface area contributed by atoms with Gasteiger partial charge in [0.05, 0.1) is 12.2 Å². The number of phenolic OH excluding ortho intramolecular Hbond substituents is 2. The standard InChI is InChI=1S/C29H22N2O2.Zn/c32-28-15-13-20-7-1-4-10-23(20)25(28)18-30-17-22-9-3-6-12-27(22)31-19-26-24-11-5-2-8-21(24)14-16-29(26)33;/h1-16,18-19,32-33H,17H2;. The molecule has 0 bridgehead atoms. The third kappa shape index (κ3) is 4.75. The van der Waals surface area contributed by atoms with E-state index >= 15 is 0 Å². The first kappa shape index (κ1) is 23.3. The number of hydrogen-bond acceptors (Lipinski definition) is 4. The summed E-state index contributed by atoms with van der Waals surface area (Å²) in [6, 6.07) is 30.8. The van der Waals surface area contributed by atoms with Crippen LogP contribution in [-0.2, 0) is 26.0 Å². The molecule has 0 saturated heterocycles. The average molecular weight is 496 g/mol. The van der Waals surface area contributed by atoms with Gasteiger partial charge in [0.1, 0.15) is 11.5 Å². The van der Waals surface area contributed by atoms with Crippen LogP contribution in [0.3, 0.4) is 0 Å². The Morgan fingerprint density at radius 1 is 0.588 bits per heavy atom. The summed E-state index contributed by atoms with van der Waals surface area (Å²) in [5.74, 6) is 0.398. The van der Waals surface area contributed by atoms with Crippen LogP contribution in [0.4, 0.5) is 5.69 Å². The summed E-state index contributed by atoms with van der Waals surface area (Å²) in [7, 11) is 0. The number of rotatable bonds is 5. The molecule has 0 aliphatic rings. The summed E-state index contributed by atoms with van der Waals surface area (Å²) >= 11 is 0. The van der Waals surface area contributed by atoms with Gasteiger partial charge in [0.15, 0.2) is 0 Å². The third-order valence-electron chi connectivity index (χ3n) is 5.70. The van der Waals surface area contributed by atoms with E-state index in [-0.39, 0.29) is 31.0 Å². The molecule has 0 saturated carbocycles. The fraction of sp³-hybridized carbons (Fsp3) is 0.0345. The number of phenols is 2. The molecule has 0 radical (unpaired) electrons. The number of hydrogen-bond donors (Lipinski definition) is 2. The Bertz CT molecular complexity index is 1530. The fourth-order valence-corrected chi connectivity index (χ4v) is 3.98. The maximum atomic E-state index is 10.4. The van der Waals surface area contributed by atoms with Gasteiger partial charge in [-0.15, -0.1) is 0 Å². The zero-order chi connectivity index (χ0) is 22.6. The van der Waals surface area contributed by atoms with Crippen molar-refractivity contribution in [1.82, 2.24) is 0 Å². The quantitative estimate of drug-likeness (QED) is 0.209. The SMILES string of the molecule is Oc1ccc2ccccc2c1C=NCc1ccccc1N=Cc1c(O)ccc2ccccc12.[Zn]. The largest absolute Gasteiger partial charge is 0.507 e. The minimum Gasteiger partial charge on any atom is -0.507 e. The molecule has 0 atom stereocenters. The Labute approximate surface area is 210 Å². The van der Waals surface area contributed by atoms with Gasteiger partial charge in [-0.3, -0.25) is 9.98 Å². The Balaban J connectivity index is 0.00000274. The first-order valence-electron chi connectivity index (χ1n) is 10.7. The molecule has 0 unspecified atom stereocenters. The molecule has 5 aromatic carbocycles. The van der Waals surface area contributed by atoms with Crippen LogP contribution in [-0.4, -0.2) is 22.6 Å². The summed E-state index contributed by atoms with van der Waals surface area (Å²) in [6.45, 7) is 0.414. The second-order valence-corrected chi connectivity index (χ2v) is 7.80. The fourth-order valence-electron chi connectivity index (χ4n) is 3.98. The molecule has 5 aromatic rings. The van der Waals surface area contributed by atoms with Gasteiger partial charge in [-0.05, 0) is 45.3 Å². The average Bonchev–Trinajstić information content (AvgIpc) is 2.85. The minimum absolute atomic E-state index is 0. The van der Waals surface area contributed by atoms with Gasteiger partial charge in [0, 0.05) is 43.0 Å². The molecule has 0 fully saturated rings. The van der Waals surface area contributed by atoms with Crippen LogP contribution < -0.4 is 0 Å². The smallest absolute Gasteiger partial charge is 0.124 e. The topological polar surface area (TPSA) is 65.2 Å². The van der Waals surface area contributed by atoms with Crippen molar-refractivity contribution in [2.45, 2.75) is 6.54 Å². The van der Waals surface area contributed by atoms with Crippen molar-refractivity contribution in [2.24, 2.45) is 9.98 Å². The van der Waals surface area contributed by atoms with E-state index < -0.39 is 0 Å². The van der Waals surface area contributed by atoms with Crippen LogP contribution in [0.25, 0.3) is 21.5 Å². The summed E-state index contributed by atoms with van der Waals surface area (Å²) < 4.78 is 0. The number of nitrogens with zero attached hydrogens (tertiary/aromatic N) is 2. The van der Waals surface area contributed by atoms with Crippen LogP contribution in [0, 0.1) is 0 Å². The molecule has 0 aromatic heterocycles. The van der Waals surface area contributed by atoms with Gasteiger partial charge in [-0.25, -0.2) is 0 Å². The molecule has 34 heavy (non-hydrogen) atoms. The van der Waals surface area contributed by atoms with Crippen molar-refractivity contribution in [3.8, 4) is 11.5 Å². The van der Waals surface area contributed by atoms with Crippen LogP contribution in [0.1, 0.15) is 16.7 Å². The van der Waals surface area contributed by atoms with Crippen molar-refractivity contribution in [3.05, 3.63) is 114 Å². The summed E-state index contributed by atoms with van der Waals surface area (Å²) in [4.78, 5) is 9.27. The van der Waals surface area contributed by atoms with E-state index in [1.165, 1.54) is 0 Å². The molecule has 0 aliphatic carbocycles. The van der Waals surface area contributed by atoms with Gasteiger partial charge in [0.25, 0.3) is 0 Å². The van der Waals surface area contributed by atoms with Crippen molar-refractivity contribution in [1.29, 1.82) is 0 Å². The predicted molar refractivity (Wildman–Crippen MR) is 136 cm³/mol. The van der Waals surface area contributed by atoms with E-state index in [2.05, 4.69) is 9.98 Å². The monoisotopic (exact) mass is 494 g/mol. The summed E-state index contributed by atoms with van der Waals surface area (Å²) in [5.41, 5.74) is 3.12. The van der Waals surface area contributed by atoms with Gasteiger partial charge >= 0.3 is 0 Å². The van der Waals surface area contributed by atoms with Gasteiger partial charge in [0.2, 0.25) is 0 Å². The van der Waals surface area contributed by atoms with Crippen molar-refractivity contribution in [3.63, 3.8) is 0 Å². The van der Waals surface area contributed by atoms with Crippen LogP contribution >= 0.6 is 0 Å². The Morgan fingerprint density at radius 3 is 1.76 bits per heavy atom. The van der Waals surface area contributed by atoms with Crippen LogP contribution in [0.5, 0.6) is 11.5 Å². The number of benzene rings is 5. The van der Waals surface area contributed by atoms with E-state index in [4.69, 9.17) is 0 Å². The third-order valence-corrected chi connectivity index (χ3v) is 5.70. The predicted octanol–water partition coefficient (Wildman–Crippen LogP) is 6.77. The van der Waals surface area contributed by atoms with Gasteiger partial charge < -0.3 is 10.2 Å². The summed E-state index contributed by atoms with van der Waals surface area (Å²) in [5, 5.41) is 24.7. The van der Waals surface area contributed by atoms with Crippen LogP contribution in [0.2, 0.25) is 0 Å². The van der Waals surface area contributed by atoms with Crippen LogP contribution in [0.15, 0.2) is 107 Å². The van der Waals surface area contributed by atoms with E-state index in [1.807, 2.05) is 84.9 Å². The Hall–Kier alpha value is -3.82. The second-order valence-electron chi connectivity index (χ2n) is 7.80. The second kappa shape index (κ2) is 10.4. The molecule has 0 spiro atoms. The maximum absolute atomic E-state index is 10.4. The molecule has 0 amide bonds. The summed E-state index contributed by atoms with van der Waals surface area (Å²) in [6.07, 6.45) is 3.42. The number of fused-ring (bicyclic) bond motifs is 2. The van der Waals surface area contributed by atoms with E-state index in [0.717, 1.165) is 32.8 Å². The molecular formula is C29H22N2O2Zn. The maximum Gasteiger partial charge on any atom is 0.124 e. The van der Waals surface area contributed by atoms with Crippen molar-refractivity contribution in [2.75, 3.05) is 0 Å². The first-order chi connectivity index (χ1) is 16.2. The number of aliphatic imine (C=N–C) groups is 2. The van der Waals surface area contributed by atoms with Crippen molar-refractivity contribution < 1.29 is 29.7 Å². The zero-order valence-corrected chi connectivity index (χ0v) is 21.6. The molecule has 162 valence electrons. The number of aromatic hydroxyl groups is 2. The van der Waals surface area contributed by atoms with Gasteiger partial charge in [-0.2, -0.15) is 0 Å². The molecule has 5 heteroatoms. The van der Waals surface area contributed by atoms with E-state index in [1.54, 1.807) is 24.6 Å². The normalized spacial score (nSPS) is 11.4. The first-order valence-corrected chi connectivity index (χ1v) is 10.7. The minimum atomic E-state index is 0. The zero-order valence-electron chi connectivity index (χ0n) is 18.6. The molecule has 4 nitrogen and oxygen atoms in total. The Kier molecular flexibility index (Phi) is 7.15. The van der Waals surface area contributed by atoms with Gasteiger partial charge in [-0.1, -0.05) is 78.9 Å². The number of para-hydroxylation sites is 1. The van der Waals surface area contributed by atoms with Crippen molar-refractivity contribution >= 4 is 39.7 Å². The molecule has 2 N–H and O–H groups in total. The Morgan fingerprint density at radius 2 is 1.12 bits per heavy atom. The molecule has 0 aliphatic heterocycles. The molecule has 5 rings (SSSR count).